The highest BCUT2D eigenvalue weighted by atomic mass is 28.3. The Labute approximate surface area is 191 Å². The van der Waals surface area contributed by atoms with E-state index >= 15 is 0 Å². The van der Waals surface area contributed by atoms with Crippen LogP contribution in [0.5, 0.6) is 5.75 Å². The van der Waals surface area contributed by atoms with Crippen molar-refractivity contribution in [3.63, 3.8) is 0 Å². The standard InChI is InChI=1S/C27H42O3Si/c1-6-7-8-9-11-23-13-15-24(16-14-23)27-18-17-26(28)20-25(27)12-10-19-31(29-21(2)3)30-22(4)5/h13-18,20-22,28,31H,6-12,19H2,1-5H3. The zero-order valence-corrected chi connectivity index (χ0v) is 21.3. The Bertz CT molecular complexity index is 746. The zero-order valence-electron chi connectivity index (χ0n) is 20.2. The summed E-state index contributed by atoms with van der Waals surface area (Å²) >= 11 is 0. The fourth-order valence-corrected chi connectivity index (χ4v) is 6.00. The van der Waals surface area contributed by atoms with Crippen molar-refractivity contribution in [1.82, 2.24) is 0 Å². The molecule has 172 valence electrons. The molecule has 0 bridgehead atoms. The molecule has 0 spiro atoms. The van der Waals surface area contributed by atoms with Gasteiger partial charge in [0.25, 0.3) is 0 Å². The molecule has 2 aromatic carbocycles. The summed E-state index contributed by atoms with van der Waals surface area (Å²) in [6.07, 6.45) is 8.64. The summed E-state index contributed by atoms with van der Waals surface area (Å²) in [6, 6.07) is 15.7. The third-order valence-corrected chi connectivity index (χ3v) is 7.98. The predicted molar refractivity (Wildman–Crippen MR) is 134 cm³/mol. The molecule has 2 aromatic rings. The van der Waals surface area contributed by atoms with Crippen molar-refractivity contribution < 1.29 is 14.0 Å². The van der Waals surface area contributed by atoms with Crippen LogP contribution in [0.1, 0.15) is 77.8 Å². The second-order valence-electron chi connectivity index (χ2n) is 9.04. The van der Waals surface area contributed by atoms with Crippen molar-refractivity contribution in [3.8, 4) is 16.9 Å². The number of hydrogen-bond donors (Lipinski definition) is 1. The van der Waals surface area contributed by atoms with Crippen LogP contribution in [0.25, 0.3) is 11.1 Å². The number of phenolic OH excluding ortho intramolecular Hbond substituents is 1. The Kier molecular flexibility index (Phi) is 11.3. The van der Waals surface area contributed by atoms with Gasteiger partial charge in [0.1, 0.15) is 5.75 Å². The quantitative estimate of drug-likeness (QED) is 0.249. The van der Waals surface area contributed by atoms with Crippen molar-refractivity contribution in [2.75, 3.05) is 0 Å². The molecule has 0 fully saturated rings. The molecule has 3 nitrogen and oxygen atoms in total. The molecule has 31 heavy (non-hydrogen) atoms. The van der Waals surface area contributed by atoms with Gasteiger partial charge in [0.2, 0.25) is 0 Å². The van der Waals surface area contributed by atoms with Crippen LogP contribution in [0.3, 0.4) is 0 Å². The summed E-state index contributed by atoms with van der Waals surface area (Å²) in [5, 5.41) is 10.1. The van der Waals surface area contributed by atoms with E-state index in [1.54, 1.807) is 6.07 Å². The van der Waals surface area contributed by atoms with E-state index in [4.69, 9.17) is 8.85 Å². The van der Waals surface area contributed by atoms with Gasteiger partial charge in [-0.15, -0.1) is 0 Å². The third-order valence-electron chi connectivity index (χ3n) is 5.41. The molecule has 0 aliphatic heterocycles. The molecule has 0 amide bonds. The number of aryl methyl sites for hydroxylation is 2. The molecular weight excluding hydrogens is 400 g/mol. The van der Waals surface area contributed by atoms with Crippen LogP contribution in [-0.4, -0.2) is 26.6 Å². The number of hydrogen-bond acceptors (Lipinski definition) is 3. The summed E-state index contributed by atoms with van der Waals surface area (Å²) in [5.74, 6) is 0.331. The fourth-order valence-electron chi connectivity index (χ4n) is 3.91. The number of unbranched alkanes of at least 4 members (excludes halogenated alkanes) is 3. The molecule has 0 unspecified atom stereocenters. The molecule has 0 heterocycles. The van der Waals surface area contributed by atoms with Crippen molar-refractivity contribution in [3.05, 3.63) is 53.6 Å². The summed E-state index contributed by atoms with van der Waals surface area (Å²) in [5.41, 5.74) is 5.03. The van der Waals surface area contributed by atoms with Gasteiger partial charge >= 0.3 is 9.28 Å². The zero-order chi connectivity index (χ0) is 22.6. The van der Waals surface area contributed by atoms with Crippen LogP contribution in [0.2, 0.25) is 6.04 Å². The molecule has 4 heteroatoms. The van der Waals surface area contributed by atoms with Crippen molar-refractivity contribution >= 4 is 9.28 Å². The van der Waals surface area contributed by atoms with E-state index in [-0.39, 0.29) is 12.2 Å². The highest BCUT2D eigenvalue weighted by molar-refractivity contribution is 6.44. The lowest BCUT2D eigenvalue weighted by Crippen LogP contribution is -2.29. The van der Waals surface area contributed by atoms with E-state index < -0.39 is 9.28 Å². The summed E-state index contributed by atoms with van der Waals surface area (Å²) in [4.78, 5) is 0. The molecular formula is C27H42O3Si. The average Bonchev–Trinajstić information content (AvgIpc) is 2.71. The first kappa shape index (κ1) is 25.6. The minimum Gasteiger partial charge on any atom is -0.508 e. The van der Waals surface area contributed by atoms with E-state index in [2.05, 4.69) is 58.9 Å². The Morgan fingerprint density at radius 2 is 1.48 bits per heavy atom. The molecule has 1 N–H and O–H groups in total. The van der Waals surface area contributed by atoms with Gasteiger partial charge in [0, 0.05) is 12.2 Å². The SMILES string of the molecule is CCCCCCc1ccc(-c2ccc(O)cc2CCC[SiH](OC(C)C)OC(C)C)cc1. The predicted octanol–water partition coefficient (Wildman–Crippen LogP) is 7.19. The lowest BCUT2D eigenvalue weighted by Gasteiger charge is -2.21. The smallest absolute Gasteiger partial charge is 0.321 e. The van der Waals surface area contributed by atoms with E-state index in [0.29, 0.717) is 5.75 Å². The summed E-state index contributed by atoms with van der Waals surface area (Å²) < 4.78 is 12.1. The maximum atomic E-state index is 10.1. The molecule has 0 aliphatic rings. The van der Waals surface area contributed by atoms with Crippen LogP contribution < -0.4 is 0 Å². The van der Waals surface area contributed by atoms with Gasteiger partial charge < -0.3 is 14.0 Å². The minimum absolute atomic E-state index is 0.201. The van der Waals surface area contributed by atoms with Gasteiger partial charge in [-0.25, -0.2) is 0 Å². The highest BCUT2D eigenvalue weighted by Gasteiger charge is 2.17. The highest BCUT2D eigenvalue weighted by Crippen LogP contribution is 2.29. The second kappa shape index (κ2) is 13.7. The van der Waals surface area contributed by atoms with Crippen molar-refractivity contribution in [2.45, 2.75) is 97.8 Å². The molecule has 2 rings (SSSR count). The molecule has 0 saturated heterocycles. The van der Waals surface area contributed by atoms with Gasteiger partial charge in [0.05, 0.1) is 0 Å². The number of aromatic hydroxyl groups is 1. The maximum absolute atomic E-state index is 10.1. The van der Waals surface area contributed by atoms with Gasteiger partial charge in [-0.3, -0.25) is 0 Å². The van der Waals surface area contributed by atoms with Gasteiger partial charge in [-0.05, 0) is 93.8 Å². The van der Waals surface area contributed by atoms with Gasteiger partial charge in [0.15, 0.2) is 0 Å². The molecule has 0 atom stereocenters. The minimum atomic E-state index is -1.68. The largest absolute Gasteiger partial charge is 0.508 e. The lowest BCUT2D eigenvalue weighted by atomic mass is 9.95. The van der Waals surface area contributed by atoms with E-state index in [0.717, 1.165) is 25.3 Å². The van der Waals surface area contributed by atoms with Crippen LogP contribution in [0.4, 0.5) is 0 Å². The summed E-state index contributed by atoms with van der Waals surface area (Å²) in [6.45, 7) is 10.5. The average molecular weight is 443 g/mol. The third kappa shape index (κ3) is 9.59. The monoisotopic (exact) mass is 442 g/mol. The maximum Gasteiger partial charge on any atom is 0.321 e. The second-order valence-corrected chi connectivity index (χ2v) is 11.0. The Morgan fingerprint density at radius 3 is 2.10 bits per heavy atom. The molecule has 0 saturated carbocycles. The normalized spacial score (nSPS) is 11.7. The van der Waals surface area contributed by atoms with Crippen LogP contribution >= 0.6 is 0 Å². The Hall–Kier alpha value is -1.62. The van der Waals surface area contributed by atoms with E-state index in [9.17, 15) is 5.11 Å². The lowest BCUT2D eigenvalue weighted by molar-refractivity contribution is 0.129. The Balaban J connectivity index is 2.03. The van der Waals surface area contributed by atoms with Gasteiger partial charge in [-0.2, -0.15) is 0 Å². The van der Waals surface area contributed by atoms with Crippen molar-refractivity contribution in [1.29, 1.82) is 0 Å². The van der Waals surface area contributed by atoms with E-state index in [1.807, 2.05) is 12.1 Å². The first-order valence-corrected chi connectivity index (χ1v) is 13.9. The first-order chi connectivity index (χ1) is 14.9. The first-order valence-electron chi connectivity index (χ1n) is 12.1. The Morgan fingerprint density at radius 1 is 0.806 bits per heavy atom. The molecule has 0 radical (unpaired) electrons. The number of phenols is 1. The van der Waals surface area contributed by atoms with Gasteiger partial charge in [-0.1, -0.05) is 56.5 Å². The van der Waals surface area contributed by atoms with E-state index in [1.165, 1.54) is 47.9 Å². The van der Waals surface area contributed by atoms with Crippen LogP contribution in [0.15, 0.2) is 42.5 Å². The van der Waals surface area contributed by atoms with Crippen LogP contribution in [0, 0.1) is 0 Å². The topological polar surface area (TPSA) is 38.7 Å². The molecule has 0 aromatic heterocycles. The molecule has 0 aliphatic carbocycles. The van der Waals surface area contributed by atoms with Crippen molar-refractivity contribution in [2.24, 2.45) is 0 Å². The van der Waals surface area contributed by atoms with Crippen LogP contribution in [-0.2, 0) is 21.7 Å². The number of benzene rings is 2. The summed E-state index contributed by atoms with van der Waals surface area (Å²) in [7, 11) is -1.68. The number of rotatable bonds is 14. The fraction of sp³-hybridized carbons (Fsp3) is 0.556.